The minimum Gasteiger partial charge on any atom is -0.346 e. The molecule has 5 nitrogen and oxygen atoms in total. The van der Waals surface area contributed by atoms with E-state index in [0.29, 0.717) is 17.7 Å². The average Bonchev–Trinajstić information content (AvgIpc) is 2.70. The molecule has 0 aliphatic carbocycles. The molecule has 0 unspecified atom stereocenters. The number of nitrogens with one attached hydrogen (secondary N) is 2. The first-order valence-corrected chi connectivity index (χ1v) is 9.05. The number of anilines is 1. The molecule has 0 aromatic heterocycles. The molecule has 0 saturated heterocycles. The highest BCUT2D eigenvalue weighted by molar-refractivity contribution is 7.99. The van der Waals surface area contributed by atoms with Crippen molar-refractivity contribution in [3.8, 4) is 0 Å². The van der Waals surface area contributed by atoms with Gasteiger partial charge in [-0.3, -0.25) is 9.59 Å². The highest BCUT2D eigenvalue weighted by atomic mass is 32.2. The fraction of sp³-hybridized carbons (Fsp3) is 0.263. The molecule has 0 radical (unpaired) electrons. The molecule has 0 bridgehead atoms. The van der Waals surface area contributed by atoms with E-state index in [1.54, 1.807) is 29.8 Å². The minimum atomic E-state index is -0.114. The summed E-state index contributed by atoms with van der Waals surface area (Å²) in [5.41, 5.74) is 2.02. The minimum absolute atomic E-state index is 0.0596. The molecular formula is C19H22N3O2S+. The fourth-order valence-electron chi connectivity index (χ4n) is 2.68. The maximum atomic E-state index is 12.7. The van der Waals surface area contributed by atoms with Gasteiger partial charge in [-0.1, -0.05) is 23.9 Å². The van der Waals surface area contributed by atoms with Crippen LogP contribution in [0.5, 0.6) is 0 Å². The van der Waals surface area contributed by atoms with E-state index in [2.05, 4.69) is 5.32 Å². The molecule has 2 aromatic rings. The molecule has 1 aliphatic rings. The number of amides is 2. The lowest BCUT2D eigenvalue weighted by molar-refractivity contribution is -0.856. The lowest BCUT2D eigenvalue weighted by atomic mass is 10.1. The Hall–Kier alpha value is -2.31. The third-order valence-corrected chi connectivity index (χ3v) is 5.28. The van der Waals surface area contributed by atoms with Crippen LogP contribution in [-0.4, -0.2) is 46.0 Å². The SMILES string of the molecule is CN1C(=O)c2ccccc2Sc2ccc(C(=O)NCC[NH+](C)C)cc21. The number of hydrogen-bond acceptors (Lipinski definition) is 3. The van der Waals surface area contributed by atoms with E-state index < -0.39 is 0 Å². The van der Waals surface area contributed by atoms with Gasteiger partial charge < -0.3 is 15.1 Å². The highest BCUT2D eigenvalue weighted by Gasteiger charge is 2.25. The molecule has 2 N–H and O–H groups in total. The Morgan fingerprint density at radius 3 is 2.68 bits per heavy atom. The summed E-state index contributed by atoms with van der Waals surface area (Å²) in [6.07, 6.45) is 0. The summed E-state index contributed by atoms with van der Waals surface area (Å²) >= 11 is 1.56. The molecule has 0 fully saturated rings. The van der Waals surface area contributed by atoms with E-state index in [-0.39, 0.29) is 11.8 Å². The number of carbonyl (C=O) groups is 2. The van der Waals surface area contributed by atoms with E-state index in [4.69, 9.17) is 0 Å². The van der Waals surface area contributed by atoms with Gasteiger partial charge >= 0.3 is 0 Å². The largest absolute Gasteiger partial charge is 0.346 e. The first kappa shape index (κ1) is 17.5. The Morgan fingerprint density at radius 2 is 1.92 bits per heavy atom. The zero-order valence-electron chi connectivity index (χ0n) is 14.6. The van der Waals surface area contributed by atoms with Gasteiger partial charge in [-0.05, 0) is 30.3 Å². The van der Waals surface area contributed by atoms with Gasteiger partial charge in [-0.15, -0.1) is 0 Å². The number of nitrogens with zero attached hydrogens (tertiary/aromatic N) is 1. The zero-order chi connectivity index (χ0) is 18.0. The maximum absolute atomic E-state index is 12.7. The van der Waals surface area contributed by atoms with Crippen LogP contribution >= 0.6 is 11.8 Å². The molecule has 0 spiro atoms. The van der Waals surface area contributed by atoms with Crippen molar-refractivity contribution in [3.05, 3.63) is 53.6 Å². The smallest absolute Gasteiger partial charge is 0.259 e. The van der Waals surface area contributed by atoms with Crippen LogP contribution in [0.25, 0.3) is 0 Å². The summed E-state index contributed by atoms with van der Waals surface area (Å²) < 4.78 is 0. The zero-order valence-corrected chi connectivity index (χ0v) is 15.4. The molecule has 1 heterocycles. The number of fused-ring (bicyclic) bond motifs is 2. The predicted octanol–water partition coefficient (Wildman–Crippen LogP) is 1.30. The lowest BCUT2D eigenvalue weighted by Gasteiger charge is -2.18. The van der Waals surface area contributed by atoms with Gasteiger partial charge in [0.15, 0.2) is 0 Å². The Labute approximate surface area is 152 Å². The Morgan fingerprint density at radius 1 is 1.16 bits per heavy atom. The molecule has 2 aromatic carbocycles. The van der Waals surface area contributed by atoms with Crippen LogP contribution in [0.3, 0.4) is 0 Å². The normalized spacial score (nSPS) is 13.3. The van der Waals surface area contributed by atoms with Crippen LogP contribution < -0.4 is 15.1 Å². The highest BCUT2D eigenvalue weighted by Crippen LogP contribution is 2.41. The van der Waals surface area contributed by atoms with E-state index in [9.17, 15) is 9.59 Å². The Kier molecular flexibility index (Phi) is 5.11. The molecule has 0 atom stereocenters. The van der Waals surface area contributed by atoms with Crippen molar-refractivity contribution < 1.29 is 14.5 Å². The molecule has 25 heavy (non-hydrogen) atoms. The topological polar surface area (TPSA) is 53.9 Å². The van der Waals surface area contributed by atoms with Gasteiger partial charge in [0.05, 0.1) is 38.4 Å². The van der Waals surface area contributed by atoms with Gasteiger partial charge in [0.1, 0.15) is 0 Å². The van der Waals surface area contributed by atoms with Gasteiger partial charge in [-0.2, -0.15) is 0 Å². The number of carbonyl (C=O) groups excluding carboxylic acids is 2. The Balaban J connectivity index is 1.88. The Bertz CT molecular complexity index is 820. The maximum Gasteiger partial charge on any atom is 0.259 e. The molecule has 6 heteroatoms. The quantitative estimate of drug-likeness (QED) is 0.868. The lowest BCUT2D eigenvalue weighted by Crippen LogP contribution is -3.06. The standard InChI is InChI=1S/C19H21N3O2S/c1-21(2)11-10-20-18(23)13-8-9-17-15(12-13)22(3)19(24)14-6-4-5-7-16(14)25-17/h4-9,12H,10-11H2,1-3H3,(H,20,23)/p+1. The van der Waals surface area contributed by atoms with Crippen molar-refractivity contribution in [2.24, 2.45) is 0 Å². The van der Waals surface area contributed by atoms with Crippen molar-refractivity contribution in [1.29, 1.82) is 0 Å². The van der Waals surface area contributed by atoms with E-state index >= 15 is 0 Å². The predicted molar refractivity (Wildman–Crippen MR) is 99.8 cm³/mol. The van der Waals surface area contributed by atoms with Crippen molar-refractivity contribution in [2.45, 2.75) is 9.79 Å². The van der Waals surface area contributed by atoms with Gasteiger partial charge in [0, 0.05) is 22.4 Å². The van der Waals surface area contributed by atoms with Gasteiger partial charge in [-0.25, -0.2) is 0 Å². The van der Waals surface area contributed by atoms with Crippen molar-refractivity contribution in [1.82, 2.24) is 5.32 Å². The van der Waals surface area contributed by atoms with Crippen molar-refractivity contribution >= 4 is 29.3 Å². The van der Waals surface area contributed by atoms with E-state index in [0.717, 1.165) is 22.0 Å². The molecule has 130 valence electrons. The summed E-state index contributed by atoms with van der Waals surface area (Å²) in [5, 5.41) is 2.93. The second-order valence-electron chi connectivity index (χ2n) is 6.36. The second-order valence-corrected chi connectivity index (χ2v) is 7.44. The summed E-state index contributed by atoms with van der Waals surface area (Å²) in [4.78, 5) is 29.9. The summed E-state index contributed by atoms with van der Waals surface area (Å²) in [6, 6.07) is 13.1. The van der Waals surface area contributed by atoms with Crippen molar-refractivity contribution in [3.63, 3.8) is 0 Å². The van der Waals surface area contributed by atoms with Crippen LogP contribution in [0, 0.1) is 0 Å². The third-order valence-electron chi connectivity index (χ3n) is 4.14. The van der Waals surface area contributed by atoms with Crippen LogP contribution in [0.4, 0.5) is 5.69 Å². The number of quaternary nitrogens is 1. The number of benzene rings is 2. The monoisotopic (exact) mass is 356 g/mol. The summed E-state index contributed by atoms with van der Waals surface area (Å²) in [6.45, 7) is 1.48. The van der Waals surface area contributed by atoms with E-state index in [1.807, 2.05) is 50.5 Å². The molecule has 3 rings (SSSR count). The van der Waals surface area contributed by atoms with Gasteiger partial charge in [0.25, 0.3) is 11.8 Å². The summed E-state index contributed by atoms with van der Waals surface area (Å²) in [5.74, 6) is -0.174. The molecular weight excluding hydrogens is 334 g/mol. The van der Waals surface area contributed by atoms with Crippen LogP contribution in [-0.2, 0) is 0 Å². The third kappa shape index (κ3) is 3.70. The first-order valence-electron chi connectivity index (χ1n) is 8.23. The average molecular weight is 356 g/mol. The van der Waals surface area contributed by atoms with Gasteiger partial charge in [0.2, 0.25) is 0 Å². The molecule has 0 saturated carbocycles. The van der Waals surface area contributed by atoms with Crippen LogP contribution in [0.15, 0.2) is 52.3 Å². The van der Waals surface area contributed by atoms with Crippen molar-refractivity contribution in [2.75, 3.05) is 39.1 Å². The number of rotatable bonds is 4. The molecule has 1 aliphatic heterocycles. The fourth-order valence-corrected chi connectivity index (χ4v) is 3.76. The van der Waals surface area contributed by atoms with Crippen LogP contribution in [0.2, 0.25) is 0 Å². The number of likely N-dealkylation sites (N-methyl/N-ethyl adjacent to an activating group) is 1. The first-order chi connectivity index (χ1) is 12.0. The van der Waals surface area contributed by atoms with Crippen LogP contribution in [0.1, 0.15) is 20.7 Å². The second kappa shape index (κ2) is 7.29. The number of hydrogen-bond donors (Lipinski definition) is 2. The molecule has 2 amide bonds. The van der Waals surface area contributed by atoms with E-state index in [1.165, 1.54) is 4.90 Å². The summed E-state index contributed by atoms with van der Waals surface area (Å²) in [7, 11) is 5.84.